The van der Waals surface area contributed by atoms with E-state index in [0.29, 0.717) is 38.6 Å². The molecule has 0 aliphatic carbocycles. The summed E-state index contributed by atoms with van der Waals surface area (Å²) >= 11 is 19.8. The second kappa shape index (κ2) is 9.57. The summed E-state index contributed by atoms with van der Waals surface area (Å²) in [6, 6.07) is 7.63. The van der Waals surface area contributed by atoms with E-state index in [1.54, 1.807) is 36.4 Å². The minimum absolute atomic E-state index is 0.228. The van der Waals surface area contributed by atoms with Crippen LogP contribution in [0.1, 0.15) is 12.2 Å². The first-order valence-corrected chi connectivity index (χ1v) is 11.7. The second-order valence-electron chi connectivity index (χ2n) is 6.02. The molecule has 2 heterocycles. The minimum Gasteiger partial charge on any atom is -0.480 e. The minimum atomic E-state index is -1.07. The third-order valence-corrected chi connectivity index (χ3v) is 6.83. The van der Waals surface area contributed by atoms with Gasteiger partial charge in [0.25, 0.3) is 5.91 Å². The Bertz CT molecular complexity index is 1010. The molecule has 1 fully saturated rings. The van der Waals surface area contributed by atoms with Gasteiger partial charge in [-0.1, -0.05) is 47.2 Å². The van der Waals surface area contributed by atoms with Crippen LogP contribution in [0.15, 0.2) is 39.7 Å². The molecule has 0 saturated carbocycles. The highest BCUT2D eigenvalue weighted by Crippen LogP contribution is 2.36. The molecule has 10 heteroatoms. The summed E-state index contributed by atoms with van der Waals surface area (Å²) in [6.45, 7) is 0. The van der Waals surface area contributed by atoms with Crippen molar-refractivity contribution in [1.82, 2.24) is 4.90 Å². The maximum Gasteiger partial charge on any atom is 0.326 e. The number of amides is 1. The van der Waals surface area contributed by atoms with Gasteiger partial charge in [0.2, 0.25) is 0 Å². The Morgan fingerprint density at radius 2 is 2.10 bits per heavy atom. The number of hydrogen-bond acceptors (Lipinski definition) is 6. The number of carboxylic acids is 1. The molecule has 1 aliphatic rings. The molecular formula is C19H15Cl2NO4S3. The van der Waals surface area contributed by atoms with Crippen molar-refractivity contribution in [3.63, 3.8) is 0 Å². The highest BCUT2D eigenvalue weighted by molar-refractivity contribution is 8.26. The summed E-state index contributed by atoms with van der Waals surface area (Å²) in [5.74, 6) is 0.117. The van der Waals surface area contributed by atoms with Gasteiger partial charge in [-0.3, -0.25) is 9.69 Å². The van der Waals surface area contributed by atoms with E-state index >= 15 is 0 Å². The number of furan rings is 1. The van der Waals surface area contributed by atoms with E-state index < -0.39 is 17.9 Å². The van der Waals surface area contributed by atoms with Crippen molar-refractivity contribution in [2.24, 2.45) is 0 Å². The Balaban J connectivity index is 1.83. The maximum atomic E-state index is 12.8. The number of thioether (sulfide) groups is 2. The molecule has 1 aromatic heterocycles. The van der Waals surface area contributed by atoms with E-state index in [2.05, 4.69) is 0 Å². The van der Waals surface area contributed by atoms with E-state index in [4.69, 9.17) is 39.8 Å². The maximum absolute atomic E-state index is 12.8. The van der Waals surface area contributed by atoms with Crippen LogP contribution in [0, 0.1) is 0 Å². The molecule has 1 atom stereocenters. The van der Waals surface area contributed by atoms with Crippen LogP contribution in [0.2, 0.25) is 10.0 Å². The Kier molecular flexibility index (Phi) is 7.34. The SMILES string of the molecule is CSCCC(C(=O)O)N1C(=O)/C(=C/c2ccc(-c3ccc(Cl)c(Cl)c3)o2)SC1=S. The van der Waals surface area contributed by atoms with E-state index in [-0.39, 0.29) is 4.32 Å². The van der Waals surface area contributed by atoms with Crippen LogP contribution in [0.25, 0.3) is 17.4 Å². The summed E-state index contributed by atoms with van der Waals surface area (Å²) in [6.07, 6.45) is 3.76. The van der Waals surface area contributed by atoms with Crippen LogP contribution in [0.3, 0.4) is 0 Å². The van der Waals surface area contributed by atoms with Crippen LogP contribution < -0.4 is 0 Å². The summed E-state index contributed by atoms with van der Waals surface area (Å²) < 4.78 is 6.02. The van der Waals surface area contributed by atoms with Crippen molar-refractivity contribution in [2.45, 2.75) is 12.5 Å². The van der Waals surface area contributed by atoms with Gasteiger partial charge in [0.1, 0.15) is 21.9 Å². The normalized spacial score (nSPS) is 16.7. The molecule has 3 rings (SSSR count). The molecule has 29 heavy (non-hydrogen) atoms. The Hall–Kier alpha value is -1.45. The Morgan fingerprint density at radius 3 is 2.76 bits per heavy atom. The van der Waals surface area contributed by atoms with Gasteiger partial charge in [-0.15, -0.1) is 0 Å². The molecule has 1 amide bonds. The van der Waals surface area contributed by atoms with Gasteiger partial charge in [-0.2, -0.15) is 11.8 Å². The van der Waals surface area contributed by atoms with Crippen LogP contribution in [-0.2, 0) is 9.59 Å². The van der Waals surface area contributed by atoms with Crippen molar-refractivity contribution >= 4 is 81.2 Å². The average molecular weight is 488 g/mol. The lowest BCUT2D eigenvalue weighted by Gasteiger charge is -2.22. The smallest absolute Gasteiger partial charge is 0.326 e. The molecule has 1 aromatic carbocycles. The zero-order valence-corrected chi connectivity index (χ0v) is 19.0. The van der Waals surface area contributed by atoms with E-state index in [9.17, 15) is 14.7 Å². The fourth-order valence-electron chi connectivity index (χ4n) is 2.71. The predicted octanol–water partition coefficient (Wildman–Crippen LogP) is 5.66. The lowest BCUT2D eigenvalue weighted by atomic mass is 10.2. The Morgan fingerprint density at radius 1 is 1.34 bits per heavy atom. The van der Waals surface area contributed by atoms with Gasteiger partial charge in [0.15, 0.2) is 0 Å². The third kappa shape index (κ3) is 5.00. The molecule has 2 aromatic rings. The number of rotatable bonds is 7. The van der Waals surface area contributed by atoms with Gasteiger partial charge in [-0.25, -0.2) is 4.79 Å². The van der Waals surface area contributed by atoms with Crippen molar-refractivity contribution in [2.75, 3.05) is 12.0 Å². The van der Waals surface area contributed by atoms with Crippen LogP contribution in [0.5, 0.6) is 0 Å². The fraction of sp³-hybridized carbons (Fsp3) is 0.211. The fourth-order valence-corrected chi connectivity index (χ4v) is 4.80. The van der Waals surface area contributed by atoms with Crippen LogP contribution >= 0.6 is 58.9 Å². The summed E-state index contributed by atoms with van der Waals surface area (Å²) in [5, 5.41) is 10.4. The molecule has 1 aliphatic heterocycles. The Labute approximate surface area is 191 Å². The average Bonchev–Trinajstić information content (AvgIpc) is 3.24. The predicted molar refractivity (Wildman–Crippen MR) is 124 cm³/mol. The highest BCUT2D eigenvalue weighted by Gasteiger charge is 2.40. The van der Waals surface area contributed by atoms with Crippen LogP contribution in [-0.4, -0.2) is 44.3 Å². The first-order chi connectivity index (χ1) is 13.8. The molecular weight excluding hydrogens is 473 g/mol. The topological polar surface area (TPSA) is 70.8 Å². The van der Waals surface area contributed by atoms with Gasteiger partial charge < -0.3 is 9.52 Å². The van der Waals surface area contributed by atoms with Crippen molar-refractivity contribution in [3.8, 4) is 11.3 Å². The molecule has 152 valence electrons. The molecule has 1 saturated heterocycles. The number of carboxylic acid groups (broad SMARTS) is 1. The third-order valence-electron chi connectivity index (χ3n) is 4.12. The first kappa shape index (κ1) is 22.2. The molecule has 0 spiro atoms. The van der Waals surface area contributed by atoms with Crippen LogP contribution in [0.4, 0.5) is 0 Å². The number of carbonyl (C=O) groups excluding carboxylic acids is 1. The number of hydrogen-bond donors (Lipinski definition) is 1. The quantitative estimate of drug-likeness (QED) is 0.398. The lowest BCUT2D eigenvalue weighted by Crippen LogP contribution is -2.44. The van der Waals surface area contributed by atoms with Gasteiger partial charge in [0, 0.05) is 11.6 Å². The summed E-state index contributed by atoms with van der Waals surface area (Å²) in [5.41, 5.74) is 0.745. The van der Waals surface area contributed by atoms with E-state index in [1.165, 1.54) is 16.7 Å². The molecule has 1 N–H and O–H groups in total. The van der Waals surface area contributed by atoms with Crippen molar-refractivity contribution in [1.29, 1.82) is 0 Å². The van der Waals surface area contributed by atoms with Gasteiger partial charge in [-0.05, 0) is 48.8 Å². The zero-order valence-electron chi connectivity index (χ0n) is 15.1. The van der Waals surface area contributed by atoms with Gasteiger partial charge >= 0.3 is 5.97 Å². The monoisotopic (exact) mass is 487 g/mol. The first-order valence-electron chi connectivity index (χ1n) is 8.36. The molecule has 1 unspecified atom stereocenters. The lowest BCUT2D eigenvalue weighted by molar-refractivity contribution is -0.145. The van der Waals surface area contributed by atoms with Gasteiger partial charge in [0.05, 0.1) is 15.0 Å². The molecule has 5 nitrogen and oxygen atoms in total. The number of thiocarbonyl (C=S) groups is 1. The van der Waals surface area contributed by atoms with Crippen molar-refractivity contribution in [3.05, 3.63) is 51.0 Å². The highest BCUT2D eigenvalue weighted by atomic mass is 35.5. The zero-order chi connectivity index (χ0) is 21.1. The van der Waals surface area contributed by atoms with Crippen molar-refractivity contribution < 1.29 is 19.1 Å². The number of aliphatic carboxylic acids is 1. The number of nitrogens with zero attached hydrogens (tertiary/aromatic N) is 1. The molecule has 0 bridgehead atoms. The largest absolute Gasteiger partial charge is 0.480 e. The molecule has 0 radical (unpaired) electrons. The summed E-state index contributed by atoms with van der Waals surface area (Å²) in [4.78, 5) is 25.9. The number of benzene rings is 1. The second-order valence-corrected chi connectivity index (χ2v) is 9.49. The standard InChI is InChI=1S/C19H15Cl2NO4S3/c1-28-7-6-14(18(24)25)22-17(23)16(29-19(22)27)9-11-3-5-15(26-11)10-2-4-12(20)13(21)8-10/h2-5,8-9,14H,6-7H2,1H3,(H,24,25)/b16-9-. The summed E-state index contributed by atoms with van der Waals surface area (Å²) in [7, 11) is 0. The number of carbonyl (C=O) groups is 2. The number of halogens is 2. The van der Waals surface area contributed by atoms with E-state index in [1.807, 2.05) is 6.26 Å². The van der Waals surface area contributed by atoms with E-state index in [0.717, 1.165) is 17.3 Å².